The molecular weight excluding hydrogens is 428 g/mol. The second kappa shape index (κ2) is 7.98. The minimum atomic E-state index is -0.943. The number of carbonyl (C=O) groups is 1. The first-order valence-electron chi connectivity index (χ1n) is 10.1. The fourth-order valence-electron chi connectivity index (χ4n) is 4.64. The molecule has 5 rings (SSSR count). The van der Waals surface area contributed by atoms with Gasteiger partial charge in [-0.2, -0.15) is 0 Å². The van der Waals surface area contributed by atoms with Gasteiger partial charge in [0.25, 0.3) is 0 Å². The van der Waals surface area contributed by atoms with Gasteiger partial charge in [0.1, 0.15) is 5.04 Å². The molecule has 31 heavy (non-hydrogen) atoms. The predicted molar refractivity (Wildman–Crippen MR) is 126 cm³/mol. The third-order valence-electron chi connectivity index (χ3n) is 6.05. The third-order valence-corrected chi connectivity index (χ3v) is 7.46. The van der Waals surface area contributed by atoms with Crippen molar-refractivity contribution in [3.63, 3.8) is 0 Å². The zero-order valence-corrected chi connectivity index (χ0v) is 18.1. The van der Waals surface area contributed by atoms with E-state index in [4.69, 9.17) is 16.6 Å². The fraction of sp³-hybridized carbons (Fsp3) is 0.160. The number of rotatable bonds is 2. The summed E-state index contributed by atoms with van der Waals surface area (Å²) in [5.41, 5.74) is 2.42. The van der Waals surface area contributed by atoms with Gasteiger partial charge in [-0.25, -0.2) is 4.99 Å². The van der Waals surface area contributed by atoms with Crippen LogP contribution in [0.25, 0.3) is 0 Å². The third kappa shape index (κ3) is 3.29. The molecule has 1 aliphatic heterocycles. The Balaban J connectivity index is 1.76. The van der Waals surface area contributed by atoms with Gasteiger partial charge in [0.05, 0.1) is 22.1 Å². The molecule has 6 heteroatoms. The first kappa shape index (κ1) is 20.0. The Bertz CT molecular complexity index is 1220. The number of Topliss-reactive ketones (excluding diaryl/α,β-unsaturated/α-hetero) is 1. The molecule has 1 heterocycles. The van der Waals surface area contributed by atoms with E-state index in [9.17, 15) is 10.0 Å². The van der Waals surface area contributed by atoms with Crippen molar-refractivity contribution < 1.29 is 10.0 Å². The first-order valence-corrected chi connectivity index (χ1v) is 11.2. The van der Waals surface area contributed by atoms with Crippen molar-refractivity contribution in [2.45, 2.75) is 18.8 Å². The molecule has 3 aromatic carbocycles. The zero-order valence-electron chi connectivity index (χ0n) is 16.5. The number of thioether (sulfide) groups is 1. The Labute approximate surface area is 189 Å². The van der Waals surface area contributed by atoms with Crippen molar-refractivity contribution >= 4 is 44.9 Å². The van der Waals surface area contributed by atoms with Gasteiger partial charge in [-0.15, -0.1) is 0 Å². The summed E-state index contributed by atoms with van der Waals surface area (Å²) in [5.74, 6) is -0.440. The molecule has 1 fully saturated rings. The fourth-order valence-corrected chi connectivity index (χ4v) is 6.18. The zero-order chi connectivity index (χ0) is 21.4. The quantitative estimate of drug-likeness (QED) is 0.360. The molecule has 1 spiro atoms. The second-order valence-electron chi connectivity index (χ2n) is 7.74. The molecule has 1 saturated heterocycles. The van der Waals surface area contributed by atoms with Gasteiger partial charge >= 0.3 is 0 Å². The van der Waals surface area contributed by atoms with Crippen LogP contribution >= 0.6 is 23.4 Å². The van der Waals surface area contributed by atoms with E-state index < -0.39 is 11.3 Å². The molecule has 3 aromatic rings. The molecular formula is C25H19ClN2O2S. The molecule has 154 valence electrons. The molecule has 4 nitrogen and oxygen atoms in total. The molecule has 0 radical (unpaired) electrons. The monoisotopic (exact) mass is 446 g/mol. The Morgan fingerprint density at radius 2 is 1.77 bits per heavy atom. The summed E-state index contributed by atoms with van der Waals surface area (Å²) in [7, 11) is 0. The van der Waals surface area contributed by atoms with Crippen LogP contribution in [0.4, 0.5) is 5.69 Å². The van der Waals surface area contributed by atoms with Crippen LogP contribution < -0.4 is 0 Å². The maximum Gasteiger partial charge on any atom is 0.176 e. The number of hydrogen-bond acceptors (Lipinski definition) is 5. The Morgan fingerprint density at radius 1 is 1.00 bits per heavy atom. The maximum atomic E-state index is 14.1. The van der Waals surface area contributed by atoms with Gasteiger partial charge in [-0.3, -0.25) is 4.79 Å². The van der Waals surface area contributed by atoms with Crippen LogP contribution in [0.2, 0.25) is 5.02 Å². The number of fused-ring (bicyclic) bond motifs is 1. The van der Waals surface area contributed by atoms with Crippen LogP contribution in [0, 0.1) is 5.41 Å². The number of carbonyl (C=O) groups excluding carboxylic acids is 1. The van der Waals surface area contributed by atoms with E-state index in [1.54, 1.807) is 6.07 Å². The van der Waals surface area contributed by atoms with Gasteiger partial charge in [0.15, 0.2) is 5.78 Å². The maximum absolute atomic E-state index is 14.1. The lowest BCUT2D eigenvalue weighted by Crippen LogP contribution is -2.44. The number of nitrogens with zero attached hydrogens (tertiary/aromatic N) is 2. The minimum Gasteiger partial charge on any atom is -0.410 e. The second-order valence-corrected chi connectivity index (χ2v) is 9.18. The molecule has 0 aromatic heterocycles. The van der Waals surface area contributed by atoms with Crippen molar-refractivity contribution in [2.75, 3.05) is 0 Å². The molecule has 0 amide bonds. The highest BCUT2D eigenvalue weighted by atomic mass is 35.5. The molecule has 1 aliphatic carbocycles. The Kier molecular flexibility index (Phi) is 5.16. The van der Waals surface area contributed by atoms with E-state index in [1.807, 2.05) is 72.8 Å². The SMILES string of the molecule is O=C1c2ccccc2CC[C@@]12C(=Nc1ccccc1)S/C(=N\O)[C@@H]2c1cccc(Cl)c1. The predicted octanol–water partition coefficient (Wildman–Crippen LogP) is 6.50. The average Bonchev–Trinajstić information content (AvgIpc) is 3.11. The van der Waals surface area contributed by atoms with E-state index in [0.717, 1.165) is 23.2 Å². The van der Waals surface area contributed by atoms with E-state index >= 15 is 0 Å². The highest BCUT2D eigenvalue weighted by Gasteiger charge is 2.59. The van der Waals surface area contributed by atoms with Crippen LogP contribution in [-0.4, -0.2) is 21.1 Å². The first-order chi connectivity index (χ1) is 15.1. The summed E-state index contributed by atoms with van der Waals surface area (Å²) >= 11 is 7.58. The number of aryl methyl sites for hydroxylation is 1. The average molecular weight is 447 g/mol. The van der Waals surface area contributed by atoms with E-state index in [1.165, 1.54) is 11.8 Å². The number of para-hydroxylation sites is 1. The lowest BCUT2D eigenvalue weighted by Gasteiger charge is -2.37. The van der Waals surface area contributed by atoms with Crippen LogP contribution in [-0.2, 0) is 6.42 Å². The summed E-state index contributed by atoms with van der Waals surface area (Å²) in [5, 5.41) is 15.2. The van der Waals surface area contributed by atoms with E-state index in [-0.39, 0.29) is 5.78 Å². The number of oxime groups is 1. The Hall–Kier alpha value is -2.89. The number of benzene rings is 3. The van der Waals surface area contributed by atoms with Crippen molar-refractivity contribution in [2.24, 2.45) is 15.6 Å². The summed E-state index contributed by atoms with van der Waals surface area (Å²) < 4.78 is 0. The molecule has 2 aliphatic rings. The summed E-state index contributed by atoms with van der Waals surface area (Å²) in [6.45, 7) is 0. The summed E-state index contributed by atoms with van der Waals surface area (Å²) in [6.07, 6.45) is 1.32. The van der Waals surface area contributed by atoms with Gasteiger partial charge < -0.3 is 5.21 Å². The normalized spacial score (nSPS) is 25.3. The van der Waals surface area contributed by atoms with Crippen molar-refractivity contribution in [1.82, 2.24) is 0 Å². The summed E-state index contributed by atoms with van der Waals surface area (Å²) in [6, 6.07) is 24.8. The van der Waals surface area contributed by atoms with Crippen LogP contribution in [0.15, 0.2) is 89.0 Å². The van der Waals surface area contributed by atoms with Gasteiger partial charge in [-0.1, -0.05) is 83.1 Å². The van der Waals surface area contributed by atoms with Crippen molar-refractivity contribution in [3.05, 3.63) is 101 Å². The lowest BCUT2D eigenvalue weighted by molar-refractivity contribution is 0.0843. The van der Waals surface area contributed by atoms with Crippen LogP contribution in [0.3, 0.4) is 0 Å². The molecule has 0 saturated carbocycles. The van der Waals surface area contributed by atoms with Crippen molar-refractivity contribution in [1.29, 1.82) is 0 Å². The van der Waals surface area contributed by atoms with Crippen LogP contribution in [0.1, 0.15) is 33.8 Å². The molecule has 0 bridgehead atoms. The van der Waals surface area contributed by atoms with Gasteiger partial charge in [0, 0.05) is 10.6 Å². The smallest absolute Gasteiger partial charge is 0.176 e. The van der Waals surface area contributed by atoms with E-state index in [0.29, 0.717) is 27.1 Å². The van der Waals surface area contributed by atoms with E-state index in [2.05, 4.69) is 5.16 Å². The van der Waals surface area contributed by atoms with Crippen LogP contribution in [0.5, 0.6) is 0 Å². The van der Waals surface area contributed by atoms with Gasteiger partial charge in [-0.05, 0) is 48.2 Å². The standard InChI is InChI=1S/C25H19ClN2O2S/c26-18-9-6-8-17(15-18)21-23(28-30)31-24(27-19-10-2-1-3-11-19)25(21)14-13-16-7-4-5-12-20(16)22(25)29/h1-12,15,21,30H,13-14H2/b27-24?,28-23-/t21-,25-/m0/s1. The Morgan fingerprint density at radius 3 is 2.55 bits per heavy atom. The highest BCUT2D eigenvalue weighted by Crippen LogP contribution is 2.57. The van der Waals surface area contributed by atoms with Gasteiger partial charge in [0.2, 0.25) is 0 Å². The van der Waals surface area contributed by atoms with Crippen molar-refractivity contribution in [3.8, 4) is 0 Å². The highest BCUT2D eigenvalue weighted by molar-refractivity contribution is 8.27. The summed E-state index contributed by atoms with van der Waals surface area (Å²) in [4.78, 5) is 19.0. The number of ketones is 1. The largest absolute Gasteiger partial charge is 0.410 e. The number of aliphatic imine (C=N–C) groups is 1. The molecule has 0 unspecified atom stereocenters. The minimum absolute atomic E-state index is 0.0140. The molecule has 2 atom stereocenters. The molecule has 1 N–H and O–H groups in total. The lowest BCUT2D eigenvalue weighted by atomic mass is 9.62. The topological polar surface area (TPSA) is 62.0 Å². The number of hydrogen-bond donors (Lipinski definition) is 1. The number of halogens is 1.